The van der Waals surface area contributed by atoms with E-state index in [0.717, 1.165) is 68.8 Å². The van der Waals surface area contributed by atoms with Gasteiger partial charge in [-0.25, -0.2) is 14.4 Å². The van der Waals surface area contributed by atoms with E-state index in [1.54, 1.807) is 54.6 Å². The molecule has 0 saturated heterocycles. The topological polar surface area (TPSA) is 116 Å². The molecule has 0 amide bonds. The second kappa shape index (κ2) is 22.9. The van der Waals surface area contributed by atoms with Gasteiger partial charge in [0.2, 0.25) is 0 Å². The lowest BCUT2D eigenvalue weighted by Gasteiger charge is -2.10. The zero-order valence-corrected chi connectivity index (χ0v) is 29.2. The number of carbonyl (C=O) groups is 3. The van der Waals surface area contributed by atoms with Crippen LogP contribution in [0.15, 0.2) is 96.5 Å². The standard InChI is InChI=1S/C38H43BrO10/c1-3-36(40)45-25-11-7-5-9-23-43-30-14-18-32(19-15-30)48-38(42)34-22-13-29(27-35(34)39)28-47-49-33-20-16-31(17-21-33)44-24-10-6-8-12-26-46-37(41)4-2/h3-4,13-22,27H,1-2,5-12,23-26,28H2. The second-order valence-electron chi connectivity index (χ2n) is 10.8. The third-order valence-corrected chi connectivity index (χ3v) is 7.59. The molecule has 10 nitrogen and oxygen atoms in total. The fourth-order valence-electron chi connectivity index (χ4n) is 4.30. The van der Waals surface area contributed by atoms with Crippen LogP contribution < -0.4 is 19.1 Å². The Bertz CT molecular complexity index is 1470. The highest BCUT2D eigenvalue weighted by molar-refractivity contribution is 9.10. The molecular formula is C38H43BrO10. The molecule has 0 fully saturated rings. The SMILES string of the molecule is C=CC(=O)OCCCCCCOc1ccc(OOCc2ccc(C(=O)Oc3ccc(OCCCCCCOC(=O)C=C)cc3)c(Br)c2)cc1. The second-order valence-corrected chi connectivity index (χ2v) is 11.6. The minimum Gasteiger partial charge on any atom is -0.494 e. The maximum absolute atomic E-state index is 12.8. The van der Waals surface area contributed by atoms with Crippen molar-refractivity contribution in [2.24, 2.45) is 0 Å². The summed E-state index contributed by atoms with van der Waals surface area (Å²) < 4.78 is 27.5. The van der Waals surface area contributed by atoms with E-state index in [1.165, 1.54) is 6.08 Å². The van der Waals surface area contributed by atoms with Gasteiger partial charge in [0.15, 0.2) is 5.75 Å². The molecule has 262 valence electrons. The highest BCUT2D eigenvalue weighted by Gasteiger charge is 2.14. The summed E-state index contributed by atoms with van der Waals surface area (Å²) in [6.45, 7) is 8.84. The largest absolute Gasteiger partial charge is 0.494 e. The molecule has 11 heteroatoms. The normalized spacial score (nSPS) is 10.5. The quantitative estimate of drug-likeness (QED) is 0.0221. The monoisotopic (exact) mass is 738 g/mol. The first-order valence-electron chi connectivity index (χ1n) is 16.2. The number of benzene rings is 3. The Labute approximate surface area is 296 Å². The first-order chi connectivity index (χ1) is 23.9. The summed E-state index contributed by atoms with van der Waals surface area (Å²) in [7, 11) is 0. The fourth-order valence-corrected chi connectivity index (χ4v) is 4.88. The molecule has 0 aromatic heterocycles. The van der Waals surface area contributed by atoms with Gasteiger partial charge < -0.3 is 28.6 Å². The van der Waals surface area contributed by atoms with Crippen LogP contribution in [0.1, 0.15) is 67.3 Å². The summed E-state index contributed by atoms with van der Waals surface area (Å²) in [5, 5.41) is 0. The Hall–Kier alpha value is -4.61. The van der Waals surface area contributed by atoms with E-state index in [0.29, 0.717) is 53.7 Å². The minimum absolute atomic E-state index is 0.158. The van der Waals surface area contributed by atoms with Gasteiger partial charge in [-0.3, -0.25) is 0 Å². The molecule has 0 aliphatic carbocycles. The summed E-state index contributed by atoms with van der Waals surface area (Å²) in [5.41, 5.74) is 1.16. The molecule has 0 aliphatic heterocycles. The average molecular weight is 740 g/mol. The van der Waals surface area contributed by atoms with Crippen LogP contribution in [0.4, 0.5) is 0 Å². The third-order valence-electron chi connectivity index (χ3n) is 6.93. The number of hydrogen-bond donors (Lipinski definition) is 0. The van der Waals surface area contributed by atoms with Crippen molar-refractivity contribution in [3.8, 4) is 23.0 Å². The fraction of sp³-hybridized carbons (Fsp3) is 0.342. The molecule has 0 bridgehead atoms. The Morgan fingerprint density at radius 3 is 1.55 bits per heavy atom. The van der Waals surface area contributed by atoms with Crippen molar-refractivity contribution in [1.29, 1.82) is 0 Å². The van der Waals surface area contributed by atoms with Gasteiger partial charge in [-0.05, 0) is 134 Å². The van der Waals surface area contributed by atoms with Gasteiger partial charge in [-0.15, -0.1) is 0 Å². The molecule has 3 rings (SSSR count). The van der Waals surface area contributed by atoms with Crippen LogP contribution in [0.2, 0.25) is 0 Å². The zero-order valence-electron chi connectivity index (χ0n) is 27.6. The Morgan fingerprint density at radius 2 is 1.06 bits per heavy atom. The molecule has 3 aromatic carbocycles. The van der Waals surface area contributed by atoms with Crippen LogP contribution in [0.25, 0.3) is 0 Å². The first-order valence-corrected chi connectivity index (χ1v) is 17.0. The molecule has 0 atom stereocenters. The third kappa shape index (κ3) is 15.9. The van der Waals surface area contributed by atoms with Crippen LogP contribution in [0, 0.1) is 0 Å². The van der Waals surface area contributed by atoms with Crippen molar-refractivity contribution in [2.45, 2.75) is 58.0 Å². The molecule has 0 heterocycles. The maximum Gasteiger partial charge on any atom is 0.344 e. The van der Waals surface area contributed by atoms with E-state index in [1.807, 2.05) is 12.1 Å². The van der Waals surface area contributed by atoms with Crippen LogP contribution in [-0.4, -0.2) is 44.3 Å². The summed E-state index contributed by atoms with van der Waals surface area (Å²) >= 11 is 3.45. The number of rotatable bonds is 24. The molecule has 0 unspecified atom stereocenters. The number of halogens is 1. The maximum atomic E-state index is 12.8. The molecule has 0 N–H and O–H groups in total. The lowest BCUT2D eigenvalue weighted by atomic mass is 10.1. The predicted molar refractivity (Wildman–Crippen MR) is 188 cm³/mol. The predicted octanol–water partition coefficient (Wildman–Crippen LogP) is 8.52. The van der Waals surface area contributed by atoms with Crippen molar-refractivity contribution in [3.63, 3.8) is 0 Å². The van der Waals surface area contributed by atoms with Crippen molar-refractivity contribution in [1.82, 2.24) is 0 Å². The van der Waals surface area contributed by atoms with Crippen molar-refractivity contribution >= 4 is 33.8 Å². The smallest absolute Gasteiger partial charge is 0.344 e. The van der Waals surface area contributed by atoms with E-state index in [2.05, 4.69) is 29.1 Å². The van der Waals surface area contributed by atoms with Crippen LogP contribution in [0.3, 0.4) is 0 Å². The summed E-state index contributed by atoms with van der Waals surface area (Å²) in [6.07, 6.45) is 9.55. The van der Waals surface area contributed by atoms with Crippen LogP contribution in [-0.2, 0) is 30.6 Å². The van der Waals surface area contributed by atoms with Gasteiger partial charge in [0.05, 0.1) is 32.0 Å². The number of unbranched alkanes of at least 4 members (excludes halogenated alkanes) is 6. The van der Waals surface area contributed by atoms with E-state index in [-0.39, 0.29) is 6.61 Å². The highest BCUT2D eigenvalue weighted by atomic mass is 79.9. The average Bonchev–Trinajstić information content (AvgIpc) is 3.11. The number of hydrogen-bond acceptors (Lipinski definition) is 10. The van der Waals surface area contributed by atoms with E-state index in [9.17, 15) is 14.4 Å². The Kier molecular flexibility index (Phi) is 18.1. The zero-order chi connectivity index (χ0) is 35.1. The van der Waals surface area contributed by atoms with Crippen LogP contribution in [0.5, 0.6) is 23.0 Å². The Morgan fingerprint density at radius 1 is 0.592 bits per heavy atom. The summed E-state index contributed by atoms with van der Waals surface area (Å²) in [5.74, 6) is 1.05. The molecule has 3 aromatic rings. The lowest BCUT2D eigenvalue weighted by Crippen LogP contribution is -2.10. The Balaban J connectivity index is 1.29. The number of esters is 3. The summed E-state index contributed by atoms with van der Waals surface area (Å²) in [4.78, 5) is 45.6. The van der Waals surface area contributed by atoms with E-state index < -0.39 is 17.9 Å². The van der Waals surface area contributed by atoms with Gasteiger partial charge in [-0.2, -0.15) is 4.89 Å². The lowest BCUT2D eigenvalue weighted by molar-refractivity contribution is -0.217. The van der Waals surface area contributed by atoms with Gasteiger partial charge in [0.25, 0.3) is 0 Å². The minimum atomic E-state index is -0.503. The van der Waals surface area contributed by atoms with Crippen molar-refractivity contribution < 1.29 is 47.8 Å². The van der Waals surface area contributed by atoms with Gasteiger partial charge in [-0.1, -0.05) is 19.2 Å². The van der Waals surface area contributed by atoms with Crippen molar-refractivity contribution in [3.05, 3.63) is 108 Å². The number of ether oxygens (including phenoxy) is 5. The van der Waals surface area contributed by atoms with Crippen LogP contribution >= 0.6 is 15.9 Å². The van der Waals surface area contributed by atoms with Gasteiger partial charge in [0.1, 0.15) is 23.9 Å². The molecule has 0 spiro atoms. The van der Waals surface area contributed by atoms with E-state index >= 15 is 0 Å². The highest BCUT2D eigenvalue weighted by Crippen LogP contribution is 2.24. The molecule has 0 aliphatic rings. The van der Waals surface area contributed by atoms with Gasteiger partial charge in [0, 0.05) is 16.6 Å². The first kappa shape index (κ1) is 38.8. The summed E-state index contributed by atoms with van der Waals surface area (Å²) in [6, 6.07) is 19.2. The molecule has 49 heavy (non-hydrogen) atoms. The van der Waals surface area contributed by atoms with E-state index in [4.69, 9.17) is 33.5 Å². The molecular weight excluding hydrogens is 696 g/mol. The molecule has 0 saturated carbocycles. The van der Waals surface area contributed by atoms with Gasteiger partial charge >= 0.3 is 17.9 Å². The molecule has 0 radical (unpaired) electrons. The number of carbonyl (C=O) groups excluding carboxylic acids is 3. The van der Waals surface area contributed by atoms with Crippen molar-refractivity contribution in [2.75, 3.05) is 26.4 Å².